The highest BCUT2D eigenvalue weighted by molar-refractivity contribution is 7.14. The Hall–Kier alpha value is -0.420. The third-order valence-electron chi connectivity index (χ3n) is 1.88. The number of halogens is 1. The van der Waals surface area contributed by atoms with Crippen LogP contribution >= 0.6 is 34.3 Å². The lowest BCUT2D eigenvalue weighted by molar-refractivity contribution is 0.180. The van der Waals surface area contributed by atoms with E-state index in [1.165, 1.54) is 11.3 Å². The third kappa shape index (κ3) is 2.15. The molecule has 0 saturated heterocycles. The van der Waals surface area contributed by atoms with Crippen LogP contribution in [0.1, 0.15) is 16.5 Å². The summed E-state index contributed by atoms with van der Waals surface area (Å²) < 4.78 is 0.669. The molecule has 0 aliphatic carbocycles. The molecule has 2 rings (SSSR count). The van der Waals surface area contributed by atoms with Gasteiger partial charge in [0.25, 0.3) is 0 Å². The molecule has 0 bridgehead atoms. The van der Waals surface area contributed by atoms with Crippen molar-refractivity contribution >= 4 is 34.3 Å². The molecule has 0 aliphatic rings. The molecule has 2 nitrogen and oxygen atoms in total. The fourth-order valence-electron chi connectivity index (χ4n) is 1.19. The number of rotatable bonds is 3. The van der Waals surface area contributed by atoms with Gasteiger partial charge in [0.05, 0.1) is 16.0 Å². The van der Waals surface area contributed by atoms with Crippen LogP contribution in [-0.4, -0.2) is 10.1 Å². The van der Waals surface area contributed by atoms with Crippen molar-refractivity contribution < 1.29 is 5.11 Å². The van der Waals surface area contributed by atoms with Crippen LogP contribution in [0.15, 0.2) is 23.2 Å². The predicted octanol–water partition coefficient (Wildman–Crippen LogP) is 3.13. The number of hydrogen-bond acceptors (Lipinski definition) is 4. The summed E-state index contributed by atoms with van der Waals surface area (Å²) in [5.74, 6) is 0. The zero-order chi connectivity index (χ0) is 9.97. The summed E-state index contributed by atoms with van der Waals surface area (Å²) in [5.41, 5.74) is 2.57. The minimum Gasteiger partial charge on any atom is -0.388 e. The Kier molecular flexibility index (Phi) is 3.18. The Morgan fingerprint density at radius 2 is 2.36 bits per heavy atom. The maximum Gasteiger partial charge on any atom is 0.0986 e. The van der Waals surface area contributed by atoms with Gasteiger partial charge in [-0.3, -0.25) is 4.98 Å². The molecule has 74 valence electrons. The van der Waals surface area contributed by atoms with E-state index in [1.54, 1.807) is 23.0 Å². The lowest BCUT2D eigenvalue weighted by Gasteiger charge is -2.07. The van der Waals surface area contributed by atoms with Crippen molar-refractivity contribution in [1.29, 1.82) is 0 Å². The fraction of sp³-hybridized carbons (Fsp3) is 0.222. The lowest BCUT2D eigenvalue weighted by atomic mass is 10.1. The van der Waals surface area contributed by atoms with E-state index in [4.69, 9.17) is 11.6 Å². The van der Waals surface area contributed by atoms with E-state index >= 15 is 0 Å². The molecule has 0 amide bonds. The first-order valence-electron chi connectivity index (χ1n) is 4.05. The molecule has 2 aromatic rings. The van der Waals surface area contributed by atoms with Crippen LogP contribution in [0, 0.1) is 0 Å². The first-order valence-corrected chi connectivity index (χ1v) is 6.19. The van der Waals surface area contributed by atoms with E-state index in [2.05, 4.69) is 4.98 Å². The molecule has 1 N–H and O–H groups in total. The summed E-state index contributed by atoms with van der Waals surface area (Å²) in [4.78, 5) is 5.03. The number of thiazole rings is 1. The van der Waals surface area contributed by atoms with E-state index in [9.17, 15) is 5.11 Å². The molecule has 0 saturated carbocycles. The predicted molar refractivity (Wildman–Crippen MR) is 60.1 cm³/mol. The van der Waals surface area contributed by atoms with Gasteiger partial charge >= 0.3 is 0 Å². The van der Waals surface area contributed by atoms with Crippen molar-refractivity contribution in [3.05, 3.63) is 37.9 Å². The second-order valence-electron chi connectivity index (χ2n) is 2.84. The van der Waals surface area contributed by atoms with E-state index < -0.39 is 6.10 Å². The molecule has 1 atom stereocenters. The van der Waals surface area contributed by atoms with Gasteiger partial charge in [0.15, 0.2) is 0 Å². The Morgan fingerprint density at radius 1 is 1.50 bits per heavy atom. The molecule has 0 radical (unpaired) electrons. The average molecular weight is 246 g/mol. The van der Waals surface area contributed by atoms with Crippen molar-refractivity contribution in [3.8, 4) is 0 Å². The van der Waals surface area contributed by atoms with E-state index in [0.717, 1.165) is 10.4 Å². The van der Waals surface area contributed by atoms with Crippen molar-refractivity contribution in [1.82, 2.24) is 4.98 Å². The van der Waals surface area contributed by atoms with Crippen LogP contribution in [0.2, 0.25) is 4.34 Å². The summed E-state index contributed by atoms with van der Waals surface area (Å²) in [6.07, 6.45) is 1.84. The molecular formula is C9H8ClNOS2. The van der Waals surface area contributed by atoms with Crippen molar-refractivity contribution in [2.75, 3.05) is 0 Å². The van der Waals surface area contributed by atoms with Crippen LogP contribution in [0.4, 0.5) is 0 Å². The van der Waals surface area contributed by atoms with Crippen LogP contribution in [-0.2, 0) is 6.42 Å². The monoisotopic (exact) mass is 245 g/mol. The first-order chi connectivity index (χ1) is 6.77. The zero-order valence-electron chi connectivity index (χ0n) is 7.18. The maximum atomic E-state index is 9.86. The number of thiophene rings is 1. The number of aliphatic hydroxyl groups excluding tert-OH is 1. The smallest absolute Gasteiger partial charge is 0.0986 e. The summed E-state index contributed by atoms with van der Waals surface area (Å²) in [5, 5.41) is 11.7. The standard InChI is InChI=1S/C9H8ClNOS2/c10-9-7(1-2-13-9)8(12)3-6-4-11-5-14-6/h1-2,4-5,8,12H,3H2. The molecule has 2 aromatic heterocycles. The normalized spacial score (nSPS) is 13.0. The number of aromatic nitrogens is 1. The molecule has 0 spiro atoms. The molecule has 0 aromatic carbocycles. The van der Waals surface area contributed by atoms with Crippen LogP contribution < -0.4 is 0 Å². The van der Waals surface area contributed by atoms with E-state index in [-0.39, 0.29) is 0 Å². The summed E-state index contributed by atoms with van der Waals surface area (Å²) in [6.45, 7) is 0. The van der Waals surface area contributed by atoms with Gasteiger partial charge in [0.2, 0.25) is 0 Å². The van der Waals surface area contributed by atoms with Gasteiger partial charge in [0.1, 0.15) is 0 Å². The zero-order valence-corrected chi connectivity index (χ0v) is 9.57. The van der Waals surface area contributed by atoms with Gasteiger partial charge in [0, 0.05) is 23.1 Å². The second kappa shape index (κ2) is 4.40. The molecule has 0 aliphatic heterocycles. The average Bonchev–Trinajstić information content (AvgIpc) is 2.75. The molecule has 0 fully saturated rings. The third-order valence-corrected chi connectivity index (χ3v) is 3.89. The number of nitrogens with zero attached hydrogens (tertiary/aromatic N) is 1. The SMILES string of the molecule is OC(Cc1cncs1)c1ccsc1Cl. The molecule has 5 heteroatoms. The Balaban J connectivity index is 2.10. The molecule has 1 unspecified atom stereocenters. The van der Waals surface area contributed by atoms with Gasteiger partial charge in [-0.25, -0.2) is 0 Å². The second-order valence-corrected chi connectivity index (χ2v) is 5.33. The van der Waals surface area contributed by atoms with Crippen molar-refractivity contribution in [2.45, 2.75) is 12.5 Å². The van der Waals surface area contributed by atoms with Crippen molar-refractivity contribution in [3.63, 3.8) is 0 Å². The Labute approximate surface area is 94.8 Å². The van der Waals surface area contributed by atoms with E-state index in [0.29, 0.717) is 10.8 Å². The molecule has 14 heavy (non-hydrogen) atoms. The molecular weight excluding hydrogens is 238 g/mol. The quantitative estimate of drug-likeness (QED) is 0.901. The highest BCUT2D eigenvalue weighted by atomic mass is 35.5. The summed E-state index contributed by atoms with van der Waals surface area (Å²) >= 11 is 8.90. The van der Waals surface area contributed by atoms with Gasteiger partial charge in [-0.15, -0.1) is 22.7 Å². The highest BCUT2D eigenvalue weighted by Crippen LogP contribution is 2.30. The maximum absolute atomic E-state index is 9.86. The first kappa shape index (κ1) is 10.1. The lowest BCUT2D eigenvalue weighted by Crippen LogP contribution is -1.99. The Bertz CT molecular complexity index is 399. The van der Waals surface area contributed by atoms with E-state index in [1.807, 2.05) is 11.4 Å². The van der Waals surface area contributed by atoms with Gasteiger partial charge in [-0.1, -0.05) is 11.6 Å². The van der Waals surface area contributed by atoms with Gasteiger partial charge in [-0.05, 0) is 11.4 Å². The minimum atomic E-state index is -0.519. The number of aliphatic hydroxyl groups is 1. The summed E-state index contributed by atoms with van der Waals surface area (Å²) in [6, 6.07) is 1.86. The topological polar surface area (TPSA) is 33.1 Å². The summed E-state index contributed by atoms with van der Waals surface area (Å²) in [7, 11) is 0. The number of hydrogen-bond donors (Lipinski definition) is 1. The largest absolute Gasteiger partial charge is 0.388 e. The van der Waals surface area contributed by atoms with Crippen LogP contribution in [0.25, 0.3) is 0 Å². The van der Waals surface area contributed by atoms with Crippen LogP contribution in [0.3, 0.4) is 0 Å². The van der Waals surface area contributed by atoms with Crippen molar-refractivity contribution in [2.24, 2.45) is 0 Å². The minimum absolute atomic E-state index is 0.519. The van der Waals surface area contributed by atoms with Gasteiger partial charge < -0.3 is 5.11 Å². The Morgan fingerprint density at radius 3 is 2.93 bits per heavy atom. The fourth-order valence-corrected chi connectivity index (χ4v) is 2.84. The highest BCUT2D eigenvalue weighted by Gasteiger charge is 2.13. The van der Waals surface area contributed by atoms with Gasteiger partial charge in [-0.2, -0.15) is 0 Å². The molecule has 2 heterocycles. The van der Waals surface area contributed by atoms with Crippen LogP contribution in [0.5, 0.6) is 0 Å².